The fourth-order valence-corrected chi connectivity index (χ4v) is 1.19. The highest BCUT2D eigenvalue weighted by molar-refractivity contribution is 6.34. The topological polar surface area (TPSA) is 39.2 Å². The second kappa shape index (κ2) is 4.62. The largest absolute Gasteiger partial charge is 0.459 e. The first kappa shape index (κ1) is 11.3. The van der Waals surface area contributed by atoms with Crippen molar-refractivity contribution in [2.75, 3.05) is 0 Å². The van der Waals surface area contributed by atoms with Gasteiger partial charge in [0.05, 0.1) is 16.7 Å². The molecular weight excluding hydrogens is 225 g/mol. The van der Waals surface area contributed by atoms with Crippen LogP contribution in [0.25, 0.3) is 0 Å². The van der Waals surface area contributed by atoms with Gasteiger partial charge in [0.25, 0.3) is 0 Å². The average Bonchev–Trinajstić information content (AvgIpc) is 2.08. The van der Waals surface area contributed by atoms with Crippen molar-refractivity contribution >= 4 is 29.2 Å². The minimum Gasteiger partial charge on any atom is -0.459 e. The smallest absolute Gasteiger partial charge is 0.340 e. The van der Waals surface area contributed by atoms with Gasteiger partial charge in [0.2, 0.25) is 0 Å². The van der Waals surface area contributed by atoms with E-state index in [4.69, 9.17) is 27.9 Å². The summed E-state index contributed by atoms with van der Waals surface area (Å²) in [6.45, 7) is 3.52. The molecular formula is C9H9Cl2NO2. The van der Waals surface area contributed by atoms with Crippen molar-refractivity contribution in [1.82, 2.24) is 4.98 Å². The summed E-state index contributed by atoms with van der Waals surface area (Å²) in [5, 5.41) is 0.449. The Morgan fingerprint density at radius 1 is 1.50 bits per heavy atom. The maximum Gasteiger partial charge on any atom is 0.340 e. The Morgan fingerprint density at radius 3 is 2.71 bits per heavy atom. The monoisotopic (exact) mass is 233 g/mol. The normalized spacial score (nSPS) is 10.4. The molecule has 1 aromatic rings. The van der Waals surface area contributed by atoms with Gasteiger partial charge in [-0.05, 0) is 19.9 Å². The van der Waals surface area contributed by atoms with Crippen LogP contribution in [0.2, 0.25) is 10.2 Å². The Balaban J connectivity index is 2.94. The van der Waals surface area contributed by atoms with Gasteiger partial charge in [-0.15, -0.1) is 0 Å². The van der Waals surface area contributed by atoms with E-state index in [1.54, 1.807) is 13.8 Å². The maximum atomic E-state index is 11.4. The molecule has 0 aliphatic carbocycles. The molecule has 0 radical (unpaired) electrons. The lowest BCUT2D eigenvalue weighted by atomic mass is 10.3. The predicted octanol–water partition coefficient (Wildman–Crippen LogP) is 2.95. The van der Waals surface area contributed by atoms with E-state index >= 15 is 0 Å². The molecule has 0 bridgehead atoms. The highest BCUT2D eigenvalue weighted by Crippen LogP contribution is 2.19. The molecule has 0 spiro atoms. The van der Waals surface area contributed by atoms with Gasteiger partial charge < -0.3 is 4.74 Å². The van der Waals surface area contributed by atoms with Crippen molar-refractivity contribution in [1.29, 1.82) is 0 Å². The summed E-state index contributed by atoms with van der Waals surface area (Å²) in [6, 6.07) is 1.38. The zero-order chi connectivity index (χ0) is 10.7. The zero-order valence-corrected chi connectivity index (χ0v) is 9.26. The van der Waals surface area contributed by atoms with E-state index in [1.165, 1.54) is 12.3 Å². The van der Waals surface area contributed by atoms with Crippen LogP contribution in [0.5, 0.6) is 0 Å². The molecule has 14 heavy (non-hydrogen) atoms. The standard InChI is InChI=1S/C9H9Cl2NO2/c1-5(2)14-9(13)6-3-8(11)12-4-7(6)10/h3-5H,1-2H3. The number of rotatable bonds is 2. The maximum absolute atomic E-state index is 11.4. The number of esters is 1. The zero-order valence-electron chi connectivity index (χ0n) is 7.75. The summed E-state index contributed by atoms with van der Waals surface area (Å²) >= 11 is 11.4. The van der Waals surface area contributed by atoms with Crippen molar-refractivity contribution in [3.63, 3.8) is 0 Å². The molecule has 0 aliphatic heterocycles. The summed E-state index contributed by atoms with van der Waals surface area (Å²) in [4.78, 5) is 15.2. The van der Waals surface area contributed by atoms with Gasteiger partial charge in [-0.2, -0.15) is 0 Å². The lowest BCUT2D eigenvalue weighted by Gasteiger charge is -2.08. The van der Waals surface area contributed by atoms with Crippen LogP contribution < -0.4 is 0 Å². The highest BCUT2D eigenvalue weighted by Gasteiger charge is 2.14. The number of ether oxygens (including phenoxy) is 1. The van der Waals surface area contributed by atoms with E-state index in [1.807, 2.05) is 0 Å². The number of carbonyl (C=O) groups is 1. The molecule has 1 rings (SSSR count). The van der Waals surface area contributed by atoms with Crippen molar-refractivity contribution in [3.8, 4) is 0 Å². The van der Waals surface area contributed by atoms with Crippen molar-refractivity contribution in [2.24, 2.45) is 0 Å². The second-order valence-corrected chi connectivity index (χ2v) is 3.74. The van der Waals surface area contributed by atoms with Crippen molar-refractivity contribution < 1.29 is 9.53 Å². The molecule has 0 fully saturated rings. The van der Waals surface area contributed by atoms with E-state index in [0.29, 0.717) is 0 Å². The Kier molecular flexibility index (Phi) is 3.72. The molecule has 0 atom stereocenters. The summed E-state index contributed by atoms with van der Waals surface area (Å²) in [6.07, 6.45) is 1.13. The predicted molar refractivity (Wildman–Crippen MR) is 54.8 cm³/mol. The number of hydrogen-bond acceptors (Lipinski definition) is 3. The Morgan fingerprint density at radius 2 is 2.14 bits per heavy atom. The van der Waals surface area contributed by atoms with Crippen LogP contribution in [0.15, 0.2) is 12.3 Å². The van der Waals surface area contributed by atoms with Gasteiger partial charge in [-0.25, -0.2) is 9.78 Å². The number of carbonyl (C=O) groups excluding carboxylic acids is 1. The van der Waals surface area contributed by atoms with Crippen molar-refractivity contribution in [3.05, 3.63) is 28.0 Å². The third kappa shape index (κ3) is 2.86. The summed E-state index contributed by atoms with van der Waals surface area (Å²) in [5.41, 5.74) is 0.236. The number of hydrogen-bond donors (Lipinski definition) is 0. The first-order valence-corrected chi connectivity index (χ1v) is 4.78. The van der Waals surface area contributed by atoms with E-state index in [2.05, 4.69) is 4.98 Å². The number of pyridine rings is 1. The number of aromatic nitrogens is 1. The van der Waals surface area contributed by atoms with Gasteiger partial charge in [0.1, 0.15) is 5.15 Å². The lowest BCUT2D eigenvalue weighted by Crippen LogP contribution is -2.12. The fraction of sp³-hybridized carbons (Fsp3) is 0.333. The molecule has 0 saturated carbocycles. The van der Waals surface area contributed by atoms with E-state index in [-0.39, 0.29) is 21.8 Å². The molecule has 0 aromatic carbocycles. The van der Waals surface area contributed by atoms with Gasteiger partial charge >= 0.3 is 5.97 Å². The molecule has 0 amide bonds. The van der Waals surface area contributed by atoms with E-state index in [9.17, 15) is 4.79 Å². The van der Waals surface area contributed by atoms with Crippen LogP contribution in [0.4, 0.5) is 0 Å². The van der Waals surface area contributed by atoms with Gasteiger partial charge in [0.15, 0.2) is 0 Å². The highest BCUT2D eigenvalue weighted by atomic mass is 35.5. The average molecular weight is 234 g/mol. The molecule has 76 valence electrons. The molecule has 0 aliphatic rings. The Hall–Kier alpha value is -0.800. The van der Waals surface area contributed by atoms with Crippen LogP contribution in [0.1, 0.15) is 24.2 Å². The van der Waals surface area contributed by atoms with E-state index in [0.717, 1.165) is 0 Å². The quantitative estimate of drug-likeness (QED) is 0.583. The molecule has 0 saturated heterocycles. The third-order valence-electron chi connectivity index (χ3n) is 1.38. The molecule has 1 aromatic heterocycles. The van der Waals surface area contributed by atoms with Crippen LogP contribution in [0.3, 0.4) is 0 Å². The van der Waals surface area contributed by atoms with Gasteiger partial charge in [0, 0.05) is 6.20 Å². The molecule has 3 nitrogen and oxygen atoms in total. The van der Waals surface area contributed by atoms with Crippen molar-refractivity contribution in [2.45, 2.75) is 20.0 Å². The van der Waals surface area contributed by atoms with Crippen LogP contribution in [0, 0.1) is 0 Å². The minimum atomic E-state index is -0.491. The molecule has 0 N–H and O–H groups in total. The summed E-state index contributed by atoms with van der Waals surface area (Å²) in [7, 11) is 0. The summed E-state index contributed by atoms with van der Waals surface area (Å²) in [5.74, 6) is -0.491. The van der Waals surface area contributed by atoms with E-state index < -0.39 is 5.97 Å². The molecule has 5 heteroatoms. The first-order valence-electron chi connectivity index (χ1n) is 4.02. The van der Waals surface area contributed by atoms with Gasteiger partial charge in [-0.3, -0.25) is 0 Å². The Bertz CT molecular complexity index is 353. The lowest BCUT2D eigenvalue weighted by molar-refractivity contribution is 0.0378. The Labute approximate surface area is 92.0 Å². The van der Waals surface area contributed by atoms with Gasteiger partial charge in [-0.1, -0.05) is 23.2 Å². The van der Waals surface area contributed by atoms with Crippen LogP contribution in [-0.4, -0.2) is 17.1 Å². The number of halogens is 2. The fourth-order valence-electron chi connectivity index (χ4n) is 0.847. The molecule has 0 unspecified atom stereocenters. The molecule has 1 heterocycles. The first-order chi connectivity index (χ1) is 6.50. The number of nitrogens with zero attached hydrogens (tertiary/aromatic N) is 1. The third-order valence-corrected chi connectivity index (χ3v) is 1.89. The summed E-state index contributed by atoms with van der Waals surface area (Å²) < 4.78 is 4.96. The SMILES string of the molecule is CC(C)OC(=O)c1cc(Cl)ncc1Cl. The van der Waals surface area contributed by atoms with Crippen LogP contribution >= 0.6 is 23.2 Å². The minimum absolute atomic E-state index is 0.189. The van der Waals surface area contributed by atoms with Crippen LogP contribution in [-0.2, 0) is 4.74 Å². The second-order valence-electron chi connectivity index (χ2n) is 2.94.